The maximum atomic E-state index is 13.7. The molecule has 2 aromatic carbocycles. The summed E-state index contributed by atoms with van der Waals surface area (Å²) in [6.45, 7) is 4.24. The highest BCUT2D eigenvalue weighted by Gasteiger charge is 2.41. The fourth-order valence-corrected chi connectivity index (χ4v) is 6.24. The Labute approximate surface area is 237 Å². The number of benzene rings is 2. The monoisotopic (exact) mass is 554 g/mol. The van der Waals surface area contributed by atoms with E-state index >= 15 is 0 Å². The number of nitrogens with one attached hydrogen (secondary N) is 1. The molecule has 0 bridgehead atoms. The predicted molar refractivity (Wildman–Crippen MR) is 157 cm³/mol. The van der Waals surface area contributed by atoms with Crippen LogP contribution in [0.25, 0.3) is 0 Å². The Bertz CT molecular complexity index is 1550. The van der Waals surface area contributed by atoms with Crippen LogP contribution in [-0.2, 0) is 16.0 Å². The van der Waals surface area contributed by atoms with Crippen LogP contribution in [0.5, 0.6) is 5.75 Å². The van der Waals surface area contributed by atoms with Gasteiger partial charge >= 0.3 is 0 Å². The number of rotatable bonds is 7. The van der Waals surface area contributed by atoms with Crippen molar-refractivity contribution in [3.05, 3.63) is 88.3 Å². The Kier molecular flexibility index (Phi) is 8.08. The summed E-state index contributed by atoms with van der Waals surface area (Å²) in [7, 11) is 1.54. The third kappa shape index (κ3) is 5.40. The second kappa shape index (κ2) is 11.8. The number of methoxy groups -OCH3 is 1. The molecule has 0 saturated carbocycles. The molecule has 9 heteroatoms. The topological polar surface area (TPSA) is 108 Å². The second-order valence-corrected chi connectivity index (χ2v) is 10.7. The zero-order chi connectivity index (χ0) is 28.2. The van der Waals surface area contributed by atoms with Gasteiger partial charge in [0.15, 0.2) is 0 Å². The lowest BCUT2D eigenvalue weighted by Gasteiger charge is -2.31. The average molecular weight is 555 g/mol. The molecule has 8 nitrogen and oxygen atoms in total. The fourth-order valence-electron chi connectivity index (χ4n) is 5.29. The van der Waals surface area contributed by atoms with Crippen LogP contribution in [0.4, 0.5) is 11.4 Å². The number of allylic oxidation sites excluding steroid dienone is 1. The Hall–Kier alpha value is -4.29. The Morgan fingerprint density at radius 2 is 1.93 bits per heavy atom. The van der Waals surface area contributed by atoms with Gasteiger partial charge in [-0.15, -0.1) is 0 Å². The number of nitrogens with zero attached hydrogens (tertiary/aromatic N) is 3. The number of nitriles is 1. The van der Waals surface area contributed by atoms with Gasteiger partial charge < -0.3 is 19.4 Å². The number of aryl methyl sites for hydroxylation is 2. The van der Waals surface area contributed by atoms with E-state index in [1.54, 1.807) is 31.2 Å². The van der Waals surface area contributed by atoms with Crippen molar-refractivity contribution in [1.82, 2.24) is 0 Å². The van der Waals surface area contributed by atoms with E-state index in [2.05, 4.69) is 17.5 Å². The normalized spacial score (nSPS) is 18.4. The van der Waals surface area contributed by atoms with Gasteiger partial charge in [0.25, 0.3) is 0 Å². The summed E-state index contributed by atoms with van der Waals surface area (Å²) in [6, 6.07) is 21.0. The second-order valence-electron chi connectivity index (χ2n) is 9.74. The Balaban J connectivity index is 1.44. The van der Waals surface area contributed by atoms with Gasteiger partial charge in [-0.2, -0.15) is 5.26 Å². The molecule has 0 aliphatic carbocycles. The van der Waals surface area contributed by atoms with E-state index in [0.29, 0.717) is 45.8 Å². The zero-order valence-corrected chi connectivity index (χ0v) is 23.5. The number of anilines is 2. The van der Waals surface area contributed by atoms with Crippen molar-refractivity contribution < 1.29 is 18.7 Å². The molecule has 2 aliphatic heterocycles. The lowest BCUT2D eigenvalue weighted by molar-refractivity contribution is -0.118. The van der Waals surface area contributed by atoms with Crippen molar-refractivity contribution >= 4 is 40.7 Å². The van der Waals surface area contributed by atoms with E-state index in [4.69, 9.17) is 14.1 Å². The number of carbonyl (C=O) groups is 2. The van der Waals surface area contributed by atoms with Gasteiger partial charge in [-0.25, -0.2) is 4.99 Å². The average Bonchev–Trinajstić information content (AvgIpc) is 3.41. The van der Waals surface area contributed by atoms with Crippen LogP contribution in [0.2, 0.25) is 0 Å². The SMILES string of the molecule is COc1ccccc1NC(=O)[C@H]1C(C)=NC(SCC(=O)N2CCCc3ccccc32)=C(C#N)[C@@H]1c1ccc(C)o1. The van der Waals surface area contributed by atoms with Gasteiger partial charge in [0.05, 0.1) is 42.0 Å². The van der Waals surface area contributed by atoms with Crippen molar-refractivity contribution in [2.45, 2.75) is 32.6 Å². The molecule has 3 heterocycles. The molecule has 1 aromatic heterocycles. The van der Waals surface area contributed by atoms with Crippen LogP contribution in [0, 0.1) is 24.2 Å². The number of thioether (sulfide) groups is 1. The summed E-state index contributed by atoms with van der Waals surface area (Å²) >= 11 is 1.22. The zero-order valence-electron chi connectivity index (χ0n) is 22.6. The van der Waals surface area contributed by atoms with E-state index in [-0.39, 0.29) is 17.6 Å². The molecule has 3 aromatic rings. The van der Waals surface area contributed by atoms with Crippen LogP contribution in [0.1, 0.15) is 36.3 Å². The van der Waals surface area contributed by atoms with Crippen LogP contribution in [-0.4, -0.2) is 36.9 Å². The maximum absolute atomic E-state index is 13.7. The molecule has 0 fully saturated rings. The molecular weight excluding hydrogens is 524 g/mol. The van der Waals surface area contributed by atoms with Crippen molar-refractivity contribution in [2.75, 3.05) is 29.6 Å². The molecule has 0 unspecified atom stereocenters. The Morgan fingerprint density at radius 1 is 1.15 bits per heavy atom. The smallest absolute Gasteiger partial charge is 0.237 e. The summed E-state index contributed by atoms with van der Waals surface area (Å²) in [5.74, 6) is -0.0515. The molecular formula is C31H30N4O4S. The molecule has 5 rings (SSSR count). The lowest BCUT2D eigenvalue weighted by Crippen LogP contribution is -2.37. The summed E-state index contributed by atoms with van der Waals surface area (Å²) in [5, 5.41) is 13.7. The first-order valence-electron chi connectivity index (χ1n) is 13.1. The summed E-state index contributed by atoms with van der Waals surface area (Å²) in [5.41, 5.74) is 3.45. The number of para-hydroxylation sites is 3. The number of hydrogen-bond donors (Lipinski definition) is 1. The quantitative estimate of drug-likeness (QED) is 0.392. The molecule has 0 spiro atoms. The minimum Gasteiger partial charge on any atom is -0.495 e. The van der Waals surface area contributed by atoms with Crippen molar-refractivity contribution in [3.8, 4) is 11.8 Å². The third-order valence-electron chi connectivity index (χ3n) is 7.18. The number of carbonyl (C=O) groups excluding carboxylic acids is 2. The van der Waals surface area contributed by atoms with E-state index in [1.807, 2.05) is 42.2 Å². The molecule has 2 aliphatic rings. The first-order chi connectivity index (χ1) is 19.4. The van der Waals surface area contributed by atoms with Gasteiger partial charge in [0.2, 0.25) is 11.8 Å². The maximum Gasteiger partial charge on any atom is 0.237 e. The third-order valence-corrected chi connectivity index (χ3v) is 8.16. The highest BCUT2D eigenvalue weighted by Crippen LogP contribution is 2.43. The first-order valence-corrected chi connectivity index (χ1v) is 14.1. The minimum atomic E-state index is -0.792. The van der Waals surface area contributed by atoms with Crippen LogP contribution < -0.4 is 15.0 Å². The van der Waals surface area contributed by atoms with Gasteiger partial charge in [0, 0.05) is 17.9 Å². The molecule has 204 valence electrons. The van der Waals surface area contributed by atoms with E-state index in [1.165, 1.54) is 18.9 Å². The molecule has 2 atom stereocenters. The summed E-state index contributed by atoms with van der Waals surface area (Å²) in [6.07, 6.45) is 1.85. The lowest BCUT2D eigenvalue weighted by atomic mass is 9.79. The molecule has 40 heavy (non-hydrogen) atoms. The van der Waals surface area contributed by atoms with Gasteiger partial charge in [-0.05, 0) is 62.6 Å². The van der Waals surface area contributed by atoms with Crippen LogP contribution >= 0.6 is 11.8 Å². The number of aliphatic imine (C=N–C) groups is 1. The number of ether oxygens (including phenoxy) is 1. The molecule has 0 saturated heterocycles. The summed E-state index contributed by atoms with van der Waals surface area (Å²) < 4.78 is 11.4. The molecule has 1 N–H and O–H groups in total. The standard InChI is InChI=1S/C31H30N4O4S/c1-19-14-15-26(39-19)29-22(17-32)31(40-18-27(36)35-16-8-10-21-9-4-6-12-24(21)35)33-20(2)28(29)30(37)34-23-11-5-7-13-25(23)38-3/h4-7,9,11-15,28-29H,8,10,16,18H2,1-3H3,(H,34,37)/t28-,29+/m0/s1. The first kappa shape index (κ1) is 27.3. The Morgan fingerprint density at radius 3 is 2.67 bits per heavy atom. The molecule has 0 radical (unpaired) electrons. The van der Waals surface area contributed by atoms with Gasteiger partial charge in [-0.3, -0.25) is 9.59 Å². The van der Waals surface area contributed by atoms with Crippen molar-refractivity contribution in [1.29, 1.82) is 5.26 Å². The number of hydrogen-bond acceptors (Lipinski definition) is 7. The van der Waals surface area contributed by atoms with Crippen molar-refractivity contribution in [3.63, 3.8) is 0 Å². The largest absolute Gasteiger partial charge is 0.495 e. The van der Waals surface area contributed by atoms with Gasteiger partial charge in [-0.1, -0.05) is 42.1 Å². The number of furan rings is 1. The molecule has 2 amide bonds. The minimum absolute atomic E-state index is 0.0452. The number of amides is 2. The van der Waals surface area contributed by atoms with E-state index in [9.17, 15) is 14.9 Å². The van der Waals surface area contributed by atoms with Crippen LogP contribution in [0.15, 0.2) is 80.7 Å². The predicted octanol–water partition coefficient (Wildman–Crippen LogP) is 5.86. The van der Waals surface area contributed by atoms with E-state index in [0.717, 1.165) is 24.1 Å². The number of fused-ring (bicyclic) bond motifs is 1. The summed E-state index contributed by atoms with van der Waals surface area (Å²) in [4.78, 5) is 33.5. The fraction of sp³-hybridized carbons (Fsp3) is 0.290. The van der Waals surface area contributed by atoms with Crippen molar-refractivity contribution in [2.24, 2.45) is 10.9 Å². The van der Waals surface area contributed by atoms with Crippen LogP contribution in [0.3, 0.4) is 0 Å². The highest BCUT2D eigenvalue weighted by molar-refractivity contribution is 8.03. The highest BCUT2D eigenvalue weighted by atomic mass is 32.2. The van der Waals surface area contributed by atoms with Gasteiger partial charge in [0.1, 0.15) is 22.3 Å². The van der Waals surface area contributed by atoms with E-state index < -0.39 is 11.8 Å².